The second-order valence-corrected chi connectivity index (χ2v) is 6.83. The number of hydrogen-bond donors (Lipinski definition) is 1. The van der Waals surface area contributed by atoms with Gasteiger partial charge in [-0.25, -0.2) is 4.39 Å². The Balaban J connectivity index is 1.89. The third-order valence-electron chi connectivity index (χ3n) is 4.63. The molecule has 1 aliphatic rings. The van der Waals surface area contributed by atoms with Gasteiger partial charge in [-0.1, -0.05) is 0 Å². The lowest BCUT2D eigenvalue weighted by Gasteiger charge is -2.37. The van der Waals surface area contributed by atoms with Crippen LogP contribution in [0, 0.1) is 5.82 Å². The second-order valence-electron chi connectivity index (χ2n) is 6.83. The van der Waals surface area contributed by atoms with Crippen molar-refractivity contribution in [3.8, 4) is 0 Å². The molecule has 128 valence electrons. The van der Waals surface area contributed by atoms with E-state index in [1.165, 1.54) is 12.1 Å². The second kappa shape index (κ2) is 7.17. The van der Waals surface area contributed by atoms with Crippen LogP contribution < -0.4 is 10.6 Å². The maximum absolute atomic E-state index is 13.0. The van der Waals surface area contributed by atoms with Gasteiger partial charge >= 0.3 is 0 Å². The molecule has 0 aliphatic carbocycles. The van der Waals surface area contributed by atoms with E-state index in [-0.39, 0.29) is 11.4 Å². The van der Waals surface area contributed by atoms with Crippen LogP contribution in [0.2, 0.25) is 0 Å². The van der Waals surface area contributed by atoms with Gasteiger partial charge in [0.2, 0.25) is 0 Å². The summed E-state index contributed by atoms with van der Waals surface area (Å²) in [6, 6.07) is 6.64. The van der Waals surface area contributed by atoms with Gasteiger partial charge in [-0.2, -0.15) is 0 Å². The fraction of sp³-hybridized carbons (Fsp3) is 0.588. The zero-order valence-corrected chi connectivity index (χ0v) is 14.6. The number of rotatable bonds is 4. The Kier molecular flexibility index (Phi) is 5.46. The fourth-order valence-corrected chi connectivity index (χ4v) is 2.36. The molecule has 6 heteroatoms. The van der Waals surface area contributed by atoms with Crippen LogP contribution in [0.1, 0.15) is 13.8 Å². The summed E-state index contributed by atoms with van der Waals surface area (Å²) in [5.74, 6) is 0.408. The van der Waals surface area contributed by atoms with Crippen molar-refractivity contribution in [1.82, 2.24) is 9.80 Å². The van der Waals surface area contributed by atoms with Gasteiger partial charge in [0.15, 0.2) is 5.96 Å². The minimum atomic E-state index is -0.202. The van der Waals surface area contributed by atoms with E-state index < -0.39 is 0 Å². The normalized spacial score (nSPS) is 17.0. The van der Waals surface area contributed by atoms with Crippen LogP contribution >= 0.6 is 0 Å². The minimum Gasteiger partial charge on any atom is -0.370 e. The number of hydrogen-bond acceptors (Lipinski definition) is 3. The Morgan fingerprint density at radius 1 is 1.17 bits per heavy atom. The van der Waals surface area contributed by atoms with Crippen LogP contribution in [0.15, 0.2) is 29.3 Å². The summed E-state index contributed by atoms with van der Waals surface area (Å²) in [7, 11) is 4.10. The summed E-state index contributed by atoms with van der Waals surface area (Å²) in [6.45, 7) is 8.35. The van der Waals surface area contributed by atoms with E-state index in [1.54, 1.807) is 0 Å². The maximum Gasteiger partial charge on any atom is 0.191 e. The molecule has 5 nitrogen and oxygen atoms in total. The van der Waals surface area contributed by atoms with Crippen molar-refractivity contribution in [1.29, 1.82) is 0 Å². The molecule has 0 amide bonds. The standard InChI is InChI=1S/C17H28FN5/c1-17(2,21(3)4)13-20-16(19)23-11-9-22(10-12-23)15-7-5-14(18)6-8-15/h5-8H,9-13H2,1-4H3,(H2,19,20). The molecule has 0 bridgehead atoms. The first-order chi connectivity index (χ1) is 10.8. The van der Waals surface area contributed by atoms with Crippen molar-refractivity contribution in [2.45, 2.75) is 19.4 Å². The number of nitrogens with zero attached hydrogens (tertiary/aromatic N) is 4. The average molecular weight is 321 g/mol. The lowest BCUT2D eigenvalue weighted by molar-refractivity contribution is 0.204. The SMILES string of the molecule is CN(C)C(C)(C)CN=C(N)N1CCN(c2ccc(F)cc2)CC1. The van der Waals surface area contributed by atoms with Gasteiger partial charge in [0.05, 0.1) is 6.54 Å². The van der Waals surface area contributed by atoms with E-state index in [0.717, 1.165) is 31.9 Å². The van der Waals surface area contributed by atoms with Crippen molar-refractivity contribution in [2.75, 3.05) is 51.7 Å². The number of piperazine rings is 1. The summed E-state index contributed by atoms with van der Waals surface area (Å²) in [4.78, 5) is 11.1. The third-order valence-corrected chi connectivity index (χ3v) is 4.63. The monoisotopic (exact) mass is 321 g/mol. The van der Waals surface area contributed by atoms with E-state index in [4.69, 9.17) is 5.73 Å². The van der Waals surface area contributed by atoms with Crippen LogP contribution in [0.4, 0.5) is 10.1 Å². The molecular weight excluding hydrogens is 293 g/mol. The molecule has 1 aliphatic heterocycles. The quantitative estimate of drug-likeness (QED) is 0.676. The first-order valence-corrected chi connectivity index (χ1v) is 8.02. The lowest BCUT2D eigenvalue weighted by Crippen LogP contribution is -2.51. The Hall–Kier alpha value is -1.82. The predicted molar refractivity (Wildman–Crippen MR) is 94.4 cm³/mol. The molecule has 1 heterocycles. The van der Waals surface area contributed by atoms with Crippen molar-refractivity contribution in [3.63, 3.8) is 0 Å². The van der Waals surface area contributed by atoms with E-state index >= 15 is 0 Å². The first-order valence-electron chi connectivity index (χ1n) is 8.02. The predicted octanol–water partition coefficient (Wildman–Crippen LogP) is 1.60. The zero-order chi connectivity index (χ0) is 17.0. The molecular formula is C17H28FN5. The molecule has 1 aromatic rings. The molecule has 2 N–H and O–H groups in total. The Morgan fingerprint density at radius 2 is 1.74 bits per heavy atom. The summed E-state index contributed by atoms with van der Waals surface area (Å²) in [5.41, 5.74) is 7.19. The summed E-state index contributed by atoms with van der Waals surface area (Å²) in [5, 5.41) is 0. The van der Waals surface area contributed by atoms with Crippen LogP contribution in [-0.2, 0) is 0 Å². The molecule has 0 saturated carbocycles. The van der Waals surface area contributed by atoms with Crippen molar-refractivity contribution < 1.29 is 4.39 Å². The highest BCUT2D eigenvalue weighted by Crippen LogP contribution is 2.17. The number of guanidine groups is 1. The van der Waals surface area contributed by atoms with E-state index in [2.05, 4.69) is 33.5 Å². The molecule has 1 saturated heterocycles. The molecule has 1 fully saturated rings. The Morgan fingerprint density at radius 3 is 2.26 bits per heavy atom. The molecule has 0 radical (unpaired) electrons. The number of anilines is 1. The van der Waals surface area contributed by atoms with Gasteiger partial charge in [0.1, 0.15) is 5.82 Å². The molecule has 0 unspecified atom stereocenters. The largest absolute Gasteiger partial charge is 0.370 e. The Labute approximate surface area is 138 Å². The first kappa shape index (κ1) is 17.5. The van der Waals surface area contributed by atoms with Crippen molar-refractivity contribution >= 4 is 11.6 Å². The average Bonchev–Trinajstić information content (AvgIpc) is 2.53. The van der Waals surface area contributed by atoms with Gasteiger partial charge in [0, 0.05) is 37.4 Å². The van der Waals surface area contributed by atoms with E-state index in [0.29, 0.717) is 12.5 Å². The van der Waals surface area contributed by atoms with Crippen molar-refractivity contribution in [3.05, 3.63) is 30.1 Å². The highest BCUT2D eigenvalue weighted by atomic mass is 19.1. The number of aliphatic imine (C=N–C) groups is 1. The maximum atomic E-state index is 13.0. The van der Waals surface area contributed by atoms with Crippen LogP contribution in [0.25, 0.3) is 0 Å². The van der Waals surface area contributed by atoms with Gasteiger partial charge < -0.3 is 20.4 Å². The van der Waals surface area contributed by atoms with Gasteiger partial charge in [-0.3, -0.25) is 4.99 Å². The van der Waals surface area contributed by atoms with Crippen LogP contribution in [-0.4, -0.2) is 68.1 Å². The number of nitrogens with two attached hydrogens (primary N) is 1. The molecule has 0 spiro atoms. The molecule has 1 aromatic carbocycles. The fourth-order valence-electron chi connectivity index (χ4n) is 2.36. The molecule has 2 rings (SSSR count). The molecule has 23 heavy (non-hydrogen) atoms. The van der Waals surface area contributed by atoms with Gasteiger partial charge in [0.25, 0.3) is 0 Å². The minimum absolute atomic E-state index is 0.0133. The lowest BCUT2D eigenvalue weighted by atomic mass is 10.1. The van der Waals surface area contributed by atoms with Crippen LogP contribution in [0.3, 0.4) is 0 Å². The van der Waals surface area contributed by atoms with Crippen LogP contribution in [0.5, 0.6) is 0 Å². The summed E-state index contributed by atoms with van der Waals surface area (Å²) >= 11 is 0. The molecule has 0 atom stereocenters. The number of likely N-dealkylation sites (N-methyl/N-ethyl adjacent to an activating group) is 1. The number of halogens is 1. The summed E-state index contributed by atoms with van der Waals surface area (Å²) < 4.78 is 13.0. The van der Waals surface area contributed by atoms with Crippen molar-refractivity contribution in [2.24, 2.45) is 10.7 Å². The topological polar surface area (TPSA) is 48.1 Å². The van der Waals surface area contributed by atoms with E-state index in [9.17, 15) is 4.39 Å². The summed E-state index contributed by atoms with van der Waals surface area (Å²) in [6.07, 6.45) is 0. The Bertz CT molecular complexity index is 530. The highest BCUT2D eigenvalue weighted by molar-refractivity contribution is 5.78. The highest BCUT2D eigenvalue weighted by Gasteiger charge is 2.22. The molecule has 0 aromatic heterocycles. The smallest absolute Gasteiger partial charge is 0.191 e. The van der Waals surface area contributed by atoms with Gasteiger partial charge in [-0.05, 0) is 52.2 Å². The third kappa shape index (κ3) is 4.58. The van der Waals surface area contributed by atoms with E-state index in [1.807, 2.05) is 26.2 Å². The van der Waals surface area contributed by atoms with Gasteiger partial charge in [-0.15, -0.1) is 0 Å². The zero-order valence-electron chi connectivity index (χ0n) is 14.6. The number of benzene rings is 1.